The van der Waals surface area contributed by atoms with E-state index >= 15 is 0 Å². The molecule has 0 spiro atoms. The van der Waals surface area contributed by atoms with Gasteiger partial charge >= 0.3 is 0 Å². The summed E-state index contributed by atoms with van der Waals surface area (Å²) in [5, 5.41) is 12.2. The number of hydrogen-bond donors (Lipinski definition) is 1. The first-order valence-corrected chi connectivity index (χ1v) is 21.6. The van der Waals surface area contributed by atoms with Crippen LogP contribution < -0.4 is 5.32 Å². The van der Waals surface area contributed by atoms with Gasteiger partial charge in [-0.3, -0.25) is 9.36 Å². The van der Waals surface area contributed by atoms with E-state index in [0.717, 1.165) is 16.7 Å². The number of thioether (sulfide) groups is 1. The summed E-state index contributed by atoms with van der Waals surface area (Å²) in [5.41, 5.74) is 4.96. The van der Waals surface area contributed by atoms with Gasteiger partial charge in [0.2, 0.25) is 0 Å². The predicted octanol–water partition coefficient (Wildman–Crippen LogP) is 9.75. The summed E-state index contributed by atoms with van der Waals surface area (Å²) in [6.45, 7) is 9.03. The van der Waals surface area contributed by atoms with Crippen molar-refractivity contribution in [2.75, 3.05) is 18.5 Å². The summed E-state index contributed by atoms with van der Waals surface area (Å²) >= 11 is 1.86. The normalized spacial score (nSPS) is 17.5. The molecule has 4 aromatic carbocycles. The first kappa shape index (κ1) is 41.2. The Morgan fingerprint density at radius 2 is 1.45 bits per heavy atom. The number of nitriles is 1. The van der Waals surface area contributed by atoms with E-state index < -0.39 is 25.6 Å². The molecule has 3 heterocycles. The van der Waals surface area contributed by atoms with Crippen molar-refractivity contribution in [3.63, 3.8) is 0 Å². The summed E-state index contributed by atoms with van der Waals surface area (Å²) in [6, 6.07) is 43.4. The molecule has 1 unspecified atom stereocenters. The molecule has 0 aliphatic carbocycles. The summed E-state index contributed by atoms with van der Waals surface area (Å²) in [6.07, 6.45) is 3.15. The van der Waals surface area contributed by atoms with E-state index in [4.69, 9.17) is 18.8 Å². The molecule has 1 amide bonds. The average molecular weight is 814 g/mol. The van der Waals surface area contributed by atoms with Crippen molar-refractivity contribution < 1.29 is 18.6 Å². The van der Waals surface area contributed by atoms with Gasteiger partial charge in [0.05, 0.1) is 42.9 Å². The number of nitrogens with one attached hydrogen (secondary N) is 1. The molecule has 0 bridgehead atoms. The molecule has 11 nitrogen and oxygen atoms in total. The van der Waals surface area contributed by atoms with Gasteiger partial charge in [-0.05, 0) is 56.5 Å². The second kappa shape index (κ2) is 19.2. The van der Waals surface area contributed by atoms with Crippen molar-refractivity contribution in [2.24, 2.45) is 0 Å². The lowest BCUT2D eigenvalue weighted by Crippen LogP contribution is -2.36. The Morgan fingerprint density at radius 3 is 2.00 bits per heavy atom. The number of amides is 1. The fraction of sp³-hybridized carbons (Fsp3) is 0.311. The minimum atomic E-state index is -1.52. The number of imidazole rings is 1. The van der Waals surface area contributed by atoms with Crippen molar-refractivity contribution in [1.82, 2.24) is 24.2 Å². The Morgan fingerprint density at radius 1 is 0.879 bits per heavy atom. The second-order valence-corrected chi connectivity index (χ2v) is 17.4. The van der Waals surface area contributed by atoms with Crippen molar-refractivity contribution in [3.8, 4) is 6.07 Å². The number of rotatable bonds is 17. The standard InChI is InChI=1S/C45H48N7O4PS/c1-32(2)52(33(3)4)57(54-27-17-26-46)55-29-38-39(58-45(35-20-11-6-12-21-35,36-22-13-7-14-23-36)37-24-15-8-16-25-37)28-40(56-38)51-31-49-41-42(47-30-48-43(41)51)50-44(53)34-18-9-5-10-19-34/h5-16,18-25,30-33,38-40H,17,27-29H2,1-4H3,(H,47,48,50,53)/t38-,39+,40-,57?/m1/s1. The lowest BCUT2D eigenvalue weighted by Gasteiger charge is -2.39. The maximum atomic E-state index is 13.2. The number of carbonyl (C=O) groups is 1. The minimum absolute atomic E-state index is 0.107. The van der Waals surface area contributed by atoms with E-state index in [1.807, 2.05) is 52.7 Å². The molecule has 1 N–H and O–H groups in total. The smallest absolute Gasteiger partial charge is 0.259 e. The minimum Gasteiger partial charge on any atom is -0.351 e. The number of carbonyl (C=O) groups excluding carboxylic acids is 1. The van der Waals surface area contributed by atoms with E-state index in [-0.39, 0.29) is 42.9 Å². The van der Waals surface area contributed by atoms with Crippen LogP contribution in [0.2, 0.25) is 0 Å². The number of anilines is 1. The molecular formula is C45H48N7O4PS. The van der Waals surface area contributed by atoms with E-state index in [1.54, 1.807) is 18.5 Å². The molecule has 7 rings (SSSR count). The third-order valence-electron chi connectivity index (χ3n) is 10.00. The van der Waals surface area contributed by atoms with E-state index in [9.17, 15) is 10.1 Å². The van der Waals surface area contributed by atoms with Gasteiger partial charge in [-0.25, -0.2) is 19.6 Å². The third kappa shape index (κ3) is 9.01. The number of aromatic nitrogens is 4. The molecule has 0 radical (unpaired) electrons. The molecule has 1 fully saturated rings. The topological polar surface area (TPSA) is 127 Å². The lowest BCUT2D eigenvalue weighted by atomic mass is 9.84. The zero-order valence-corrected chi connectivity index (χ0v) is 34.8. The van der Waals surface area contributed by atoms with Gasteiger partial charge in [-0.2, -0.15) is 5.26 Å². The zero-order chi connectivity index (χ0) is 40.5. The fourth-order valence-electron chi connectivity index (χ4n) is 7.47. The molecule has 298 valence electrons. The SMILES string of the molecule is CC(C)N(C(C)C)P(OCCC#N)OC[C@H]1O[C@@H](n2cnc3c(NC(=O)c4ccccc4)ncnc32)C[C@@H]1SC(c1ccccc1)(c1ccccc1)c1ccccc1. The van der Waals surface area contributed by atoms with Crippen molar-refractivity contribution >= 4 is 43.2 Å². The number of nitrogens with zero attached hydrogens (tertiary/aromatic N) is 6. The molecule has 6 aromatic rings. The number of ether oxygens (including phenoxy) is 1. The van der Waals surface area contributed by atoms with Crippen LogP contribution in [-0.4, -0.2) is 66.7 Å². The van der Waals surface area contributed by atoms with E-state index in [2.05, 4.69) is 127 Å². The largest absolute Gasteiger partial charge is 0.351 e. The van der Waals surface area contributed by atoms with E-state index in [0.29, 0.717) is 29.0 Å². The molecule has 4 atom stereocenters. The van der Waals surface area contributed by atoms with Crippen molar-refractivity contribution in [2.45, 2.75) is 74.9 Å². The van der Waals surface area contributed by atoms with Crippen LogP contribution in [0.1, 0.15) is 73.8 Å². The quantitative estimate of drug-likeness (QED) is 0.0540. The monoisotopic (exact) mass is 813 g/mol. The molecule has 58 heavy (non-hydrogen) atoms. The number of benzene rings is 4. The van der Waals surface area contributed by atoms with Gasteiger partial charge in [-0.15, -0.1) is 11.8 Å². The van der Waals surface area contributed by atoms with Crippen molar-refractivity contribution in [1.29, 1.82) is 5.26 Å². The maximum Gasteiger partial charge on any atom is 0.259 e. The van der Waals surface area contributed by atoms with Crippen LogP contribution in [0.4, 0.5) is 5.82 Å². The Bertz CT molecular complexity index is 2170. The highest BCUT2D eigenvalue weighted by molar-refractivity contribution is 8.01. The summed E-state index contributed by atoms with van der Waals surface area (Å²) in [4.78, 5) is 26.9. The van der Waals surface area contributed by atoms with Gasteiger partial charge < -0.3 is 19.1 Å². The van der Waals surface area contributed by atoms with Gasteiger partial charge in [0.1, 0.15) is 12.6 Å². The van der Waals surface area contributed by atoms with Crippen LogP contribution in [0.25, 0.3) is 11.2 Å². The Labute approximate surface area is 345 Å². The van der Waals surface area contributed by atoms with Gasteiger partial charge in [-0.1, -0.05) is 109 Å². The van der Waals surface area contributed by atoms with Gasteiger partial charge in [0.25, 0.3) is 14.4 Å². The fourth-order valence-corrected chi connectivity index (χ4v) is 10.9. The van der Waals surface area contributed by atoms with Crippen LogP contribution >= 0.6 is 20.3 Å². The molecule has 1 aliphatic rings. The van der Waals surface area contributed by atoms with Gasteiger partial charge in [0.15, 0.2) is 17.0 Å². The second-order valence-electron chi connectivity index (χ2n) is 14.5. The van der Waals surface area contributed by atoms with Crippen molar-refractivity contribution in [3.05, 3.63) is 156 Å². The summed E-state index contributed by atoms with van der Waals surface area (Å²) in [7, 11) is -1.52. The highest BCUT2D eigenvalue weighted by Gasteiger charge is 2.46. The highest BCUT2D eigenvalue weighted by Crippen LogP contribution is 2.55. The first-order valence-electron chi connectivity index (χ1n) is 19.5. The van der Waals surface area contributed by atoms with Gasteiger partial charge in [0, 0.05) is 29.3 Å². The number of hydrogen-bond acceptors (Lipinski definition) is 10. The van der Waals surface area contributed by atoms with Crippen LogP contribution in [0.15, 0.2) is 134 Å². The summed E-state index contributed by atoms with van der Waals surface area (Å²) < 4.78 is 23.7. The zero-order valence-electron chi connectivity index (χ0n) is 33.1. The third-order valence-corrected chi connectivity index (χ3v) is 13.9. The molecular weight excluding hydrogens is 766 g/mol. The molecule has 1 saturated heterocycles. The van der Waals surface area contributed by atoms with E-state index in [1.165, 1.54) is 6.33 Å². The maximum absolute atomic E-state index is 13.2. The van der Waals surface area contributed by atoms with Crippen LogP contribution in [-0.2, 0) is 18.5 Å². The molecule has 2 aromatic heterocycles. The predicted molar refractivity (Wildman–Crippen MR) is 230 cm³/mol. The highest BCUT2D eigenvalue weighted by atomic mass is 32.2. The Balaban J connectivity index is 1.28. The molecule has 0 saturated carbocycles. The molecule has 13 heteroatoms. The summed E-state index contributed by atoms with van der Waals surface area (Å²) in [5.74, 6) is 0.0330. The van der Waals surface area contributed by atoms with Crippen LogP contribution in [0.3, 0.4) is 0 Å². The first-order chi connectivity index (χ1) is 28.3. The lowest BCUT2D eigenvalue weighted by molar-refractivity contribution is -0.0178. The van der Waals surface area contributed by atoms with Crippen LogP contribution in [0, 0.1) is 11.3 Å². The number of fused-ring (bicyclic) bond motifs is 1. The molecule has 1 aliphatic heterocycles. The van der Waals surface area contributed by atoms with Crippen LogP contribution in [0.5, 0.6) is 0 Å². The Hall–Kier alpha value is -4.99. The Kier molecular flexibility index (Phi) is 13.6. The average Bonchev–Trinajstić information content (AvgIpc) is 3.87.